The molecule has 0 unspecified atom stereocenters. The third kappa shape index (κ3) is 5.09. The van der Waals surface area contributed by atoms with Crippen molar-refractivity contribution >= 4 is 27.7 Å². The lowest BCUT2D eigenvalue weighted by Gasteiger charge is -2.08. The van der Waals surface area contributed by atoms with Gasteiger partial charge in [-0.1, -0.05) is 30.3 Å². The van der Waals surface area contributed by atoms with Gasteiger partial charge in [-0.3, -0.25) is 4.79 Å². The van der Waals surface area contributed by atoms with Crippen molar-refractivity contribution in [2.45, 2.75) is 23.3 Å². The van der Waals surface area contributed by atoms with E-state index in [0.717, 1.165) is 16.0 Å². The summed E-state index contributed by atoms with van der Waals surface area (Å²) < 4.78 is 25.5. The van der Waals surface area contributed by atoms with Crippen LogP contribution >= 0.6 is 11.8 Å². The fraction of sp³-hybridized carbons (Fsp3) is 0.235. The van der Waals surface area contributed by atoms with Crippen LogP contribution in [0.2, 0.25) is 0 Å². The van der Waals surface area contributed by atoms with E-state index in [-0.39, 0.29) is 10.8 Å². The summed E-state index contributed by atoms with van der Waals surface area (Å²) in [4.78, 5) is 13.2. The summed E-state index contributed by atoms with van der Waals surface area (Å²) in [6.07, 6.45) is 0. The van der Waals surface area contributed by atoms with E-state index >= 15 is 0 Å². The van der Waals surface area contributed by atoms with Gasteiger partial charge in [0.1, 0.15) is 0 Å². The fourth-order valence-electron chi connectivity index (χ4n) is 2.02. The van der Waals surface area contributed by atoms with Crippen molar-refractivity contribution in [1.29, 1.82) is 0 Å². The van der Waals surface area contributed by atoms with Crippen LogP contribution in [-0.4, -0.2) is 27.1 Å². The van der Waals surface area contributed by atoms with Crippen molar-refractivity contribution in [2.24, 2.45) is 0 Å². The van der Waals surface area contributed by atoms with Gasteiger partial charge in [-0.15, -0.1) is 11.8 Å². The van der Waals surface area contributed by atoms with Crippen LogP contribution in [0.15, 0.2) is 58.3 Å². The largest absolute Gasteiger partial charge is 0.351 e. The topological polar surface area (TPSA) is 75.3 Å². The number of thioether (sulfide) groups is 1. The van der Waals surface area contributed by atoms with E-state index in [1.807, 2.05) is 31.2 Å². The molecule has 0 aliphatic heterocycles. The molecule has 2 aromatic rings. The summed E-state index contributed by atoms with van der Waals surface area (Å²) in [7, 11) is -2.06. The number of rotatable bonds is 7. The highest BCUT2D eigenvalue weighted by Gasteiger charge is 2.10. The predicted molar refractivity (Wildman–Crippen MR) is 96.4 cm³/mol. The zero-order valence-electron chi connectivity index (χ0n) is 13.6. The molecule has 0 fully saturated rings. The van der Waals surface area contributed by atoms with E-state index in [4.69, 9.17) is 0 Å². The molecule has 2 N–H and O–H groups in total. The van der Waals surface area contributed by atoms with E-state index in [0.29, 0.717) is 12.3 Å². The van der Waals surface area contributed by atoms with Crippen molar-refractivity contribution in [1.82, 2.24) is 10.0 Å². The Labute approximate surface area is 146 Å². The quantitative estimate of drug-likeness (QED) is 0.740. The molecule has 0 heterocycles. The Morgan fingerprint density at radius 2 is 1.75 bits per heavy atom. The van der Waals surface area contributed by atoms with Gasteiger partial charge in [0.05, 0.1) is 10.6 Å². The van der Waals surface area contributed by atoms with Crippen molar-refractivity contribution in [2.75, 3.05) is 12.8 Å². The van der Waals surface area contributed by atoms with Gasteiger partial charge in [-0.25, -0.2) is 13.1 Å². The van der Waals surface area contributed by atoms with E-state index in [2.05, 4.69) is 10.0 Å². The normalized spacial score (nSPS) is 11.2. The van der Waals surface area contributed by atoms with Crippen LogP contribution in [-0.2, 0) is 21.4 Å². The highest BCUT2D eigenvalue weighted by Crippen LogP contribution is 2.21. The molecule has 0 saturated heterocycles. The van der Waals surface area contributed by atoms with Crippen LogP contribution < -0.4 is 10.0 Å². The summed E-state index contributed by atoms with van der Waals surface area (Å²) in [6, 6.07) is 14.4. The average Bonchev–Trinajstić information content (AvgIpc) is 2.59. The summed E-state index contributed by atoms with van der Waals surface area (Å²) in [6.45, 7) is 2.38. The van der Waals surface area contributed by atoms with Gasteiger partial charge < -0.3 is 5.32 Å². The molecule has 0 saturated carbocycles. The standard InChI is InChI=1S/C17H20N2O3S2/c1-13-5-3-4-6-16(13)23-12-17(20)19-11-14-7-9-15(10-8-14)24(21,22)18-2/h3-10,18H,11-12H2,1-2H3,(H,19,20). The Morgan fingerprint density at radius 1 is 1.08 bits per heavy atom. The van der Waals surface area contributed by atoms with Gasteiger partial charge in [0.15, 0.2) is 0 Å². The van der Waals surface area contributed by atoms with Crippen LogP contribution in [0.3, 0.4) is 0 Å². The second-order valence-electron chi connectivity index (χ2n) is 5.18. The zero-order valence-corrected chi connectivity index (χ0v) is 15.2. The summed E-state index contributed by atoms with van der Waals surface area (Å²) in [5.74, 6) is 0.284. The molecule has 24 heavy (non-hydrogen) atoms. The molecule has 7 heteroatoms. The minimum absolute atomic E-state index is 0.0600. The van der Waals surface area contributed by atoms with Gasteiger partial charge in [-0.2, -0.15) is 0 Å². The van der Waals surface area contributed by atoms with Crippen molar-refractivity contribution in [3.63, 3.8) is 0 Å². The summed E-state index contributed by atoms with van der Waals surface area (Å²) in [5.41, 5.74) is 2.00. The number of amides is 1. The van der Waals surface area contributed by atoms with E-state index in [9.17, 15) is 13.2 Å². The third-order valence-electron chi connectivity index (χ3n) is 3.44. The second-order valence-corrected chi connectivity index (χ2v) is 8.09. The second kappa shape index (κ2) is 8.32. The van der Waals surface area contributed by atoms with E-state index in [1.54, 1.807) is 12.1 Å². The first kappa shape index (κ1) is 18.5. The monoisotopic (exact) mass is 364 g/mol. The lowest BCUT2D eigenvalue weighted by molar-refractivity contribution is -0.118. The lowest BCUT2D eigenvalue weighted by Crippen LogP contribution is -2.24. The molecule has 0 aliphatic carbocycles. The van der Waals surface area contributed by atoms with Crippen LogP contribution in [0.4, 0.5) is 0 Å². The molecule has 5 nitrogen and oxygen atoms in total. The predicted octanol–water partition coefficient (Wildman–Crippen LogP) is 2.31. The average molecular weight is 364 g/mol. The minimum Gasteiger partial charge on any atom is -0.351 e. The molecule has 2 aromatic carbocycles. The van der Waals surface area contributed by atoms with Crippen molar-refractivity contribution in [3.8, 4) is 0 Å². The zero-order chi connectivity index (χ0) is 17.6. The third-order valence-corrected chi connectivity index (χ3v) is 6.05. The van der Waals surface area contributed by atoms with Gasteiger partial charge >= 0.3 is 0 Å². The van der Waals surface area contributed by atoms with Gasteiger partial charge in [-0.05, 0) is 43.3 Å². The first-order chi connectivity index (χ1) is 11.4. The Bertz CT molecular complexity index is 803. The van der Waals surface area contributed by atoms with Gasteiger partial charge in [0, 0.05) is 11.4 Å². The van der Waals surface area contributed by atoms with E-state index < -0.39 is 10.0 Å². The molecule has 0 spiro atoms. The minimum atomic E-state index is -3.43. The van der Waals surface area contributed by atoms with Gasteiger partial charge in [0.25, 0.3) is 0 Å². The Balaban J connectivity index is 1.85. The SMILES string of the molecule is CNS(=O)(=O)c1ccc(CNC(=O)CSc2ccccc2C)cc1. The fourth-order valence-corrected chi connectivity index (χ4v) is 3.61. The Kier molecular flexibility index (Phi) is 6.42. The first-order valence-corrected chi connectivity index (χ1v) is 9.87. The summed E-state index contributed by atoms with van der Waals surface area (Å²) >= 11 is 1.50. The first-order valence-electron chi connectivity index (χ1n) is 7.40. The van der Waals surface area contributed by atoms with Crippen LogP contribution in [0, 0.1) is 6.92 Å². The molecule has 1 amide bonds. The number of nitrogens with one attached hydrogen (secondary N) is 2. The van der Waals surface area contributed by atoms with Gasteiger partial charge in [0.2, 0.25) is 15.9 Å². The van der Waals surface area contributed by atoms with Crippen molar-refractivity contribution in [3.05, 3.63) is 59.7 Å². The van der Waals surface area contributed by atoms with Crippen molar-refractivity contribution < 1.29 is 13.2 Å². The number of sulfonamides is 1. The van der Waals surface area contributed by atoms with Crippen LogP contribution in [0.25, 0.3) is 0 Å². The summed E-state index contributed by atoms with van der Waals surface area (Å²) in [5, 5.41) is 2.84. The molecule has 128 valence electrons. The van der Waals surface area contributed by atoms with Crippen LogP contribution in [0.1, 0.15) is 11.1 Å². The number of benzene rings is 2. The molecule has 0 atom stereocenters. The maximum atomic E-state index is 11.9. The van der Waals surface area contributed by atoms with Crippen LogP contribution in [0.5, 0.6) is 0 Å². The maximum absolute atomic E-state index is 11.9. The molecule has 0 aliphatic rings. The van der Waals surface area contributed by atoms with E-state index in [1.165, 1.54) is 30.9 Å². The maximum Gasteiger partial charge on any atom is 0.240 e. The number of aryl methyl sites for hydroxylation is 1. The Hall–Kier alpha value is -1.83. The number of hydrogen-bond acceptors (Lipinski definition) is 4. The molecule has 0 radical (unpaired) electrons. The lowest BCUT2D eigenvalue weighted by atomic mass is 10.2. The number of carbonyl (C=O) groups is 1. The molecular formula is C17H20N2O3S2. The molecule has 0 bridgehead atoms. The molecule has 0 aromatic heterocycles. The smallest absolute Gasteiger partial charge is 0.240 e. The molecular weight excluding hydrogens is 344 g/mol. The number of carbonyl (C=O) groups excluding carboxylic acids is 1. The highest BCUT2D eigenvalue weighted by atomic mass is 32.2. The number of hydrogen-bond donors (Lipinski definition) is 2. The Morgan fingerprint density at radius 3 is 2.38 bits per heavy atom. The highest BCUT2D eigenvalue weighted by molar-refractivity contribution is 8.00. The molecule has 2 rings (SSSR count).